The van der Waals surface area contributed by atoms with E-state index in [2.05, 4.69) is 10.6 Å². The topological polar surface area (TPSA) is 76.7 Å². The highest BCUT2D eigenvalue weighted by molar-refractivity contribution is 5.87. The predicted molar refractivity (Wildman–Crippen MR) is 86.4 cm³/mol. The standard InChI is InChI=1S/C17H24N2O4/c1-10(2)16(19-12(4)20)17(21)18-11(3)13-5-6-14-15(9-13)23-8-7-22-14/h5-6,9-11,16H,7-8H2,1-4H3,(H,18,21)(H,19,20). The highest BCUT2D eigenvalue weighted by Gasteiger charge is 2.25. The Balaban J connectivity index is 2.06. The van der Waals surface area contributed by atoms with E-state index in [4.69, 9.17) is 9.47 Å². The van der Waals surface area contributed by atoms with E-state index in [1.54, 1.807) is 0 Å². The van der Waals surface area contributed by atoms with Crippen LogP contribution in [0.25, 0.3) is 0 Å². The van der Waals surface area contributed by atoms with E-state index in [1.807, 2.05) is 39.0 Å². The summed E-state index contributed by atoms with van der Waals surface area (Å²) in [6.07, 6.45) is 0. The molecule has 0 aromatic heterocycles. The summed E-state index contributed by atoms with van der Waals surface area (Å²) < 4.78 is 11.1. The quantitative estimate of drug-likeness (QED) is 0.867. The molecule has 2 N–H and O–H groups in total. The van der Waals surface area contributed by atoms with Crippen LogP contribution >= 0.6 is 0 Å². The van der Waals surface area contributed by atoms with Crippen LogP contribution in [-0.2, 0) is 9.59 Å². The molecular formula is C17H24N2O4. The fraction of sp³-hybridized carbons (Fsp3) is 0.529. The molecule has 23 heavy (non-hydrogen) atoms. The summed E-state index contributed by atoms with van der Waals surface area (Å²) in [6.45, 7) is 8.17. The van der Waals surface area contributed by atoms with Gasteiger partial charge in [0.1, 0.15) is 19.3 Å². The van der Waals surface area contributed by atoms with Crippen molar-refractivity contribution in [3.63, 3.8) is 0 Å². The molecule has 1 aliphatic heterocycles. The Bertz CT molecular complexity index is 586. The van der Waals surface area contributed by atoms with Gasteiger partial charge >= 0.3 is 0 Å². The number of rotatable bonds is 5. The van der Waals surface area contributed by atoms with Gasteiger partial charge in [-0.05, 0) is 30.5 Å². The summed E-state index contributed by atoms with van der Waals surface area (Å²) in [5.41, 5.74) is 0.924. The van der Waals surface area contributed by atoms with Crippen LogP contribution in [0, 0.1) is 5.92 Å². The molecular weight excluding hydrogens is 296 g/mol. The summed E-state index contributed by atoms with van der Waals surface area (Å²) in [7, 11) is 0. The van der Waals surface area contributed by atoms with Crippen molar-refractivity contribution in [2.45, 2.75) is 39.8 Å². The highest BCUT2D eigenvalue weighted by atomic mass is 16.6. The zero-order valence-electron chi connectivity index (χ0n) is 14.0. The molecule has 0 spiro atoms. The van der Waals surface area contributed by atoms with Crippen LogP contribution in [0.5, 0.6) is 11.5 Å². The molecule has 0 aliphatic carbocycles. The van der Waals surface area contributed by atoms with Crippen molar-refractivity contribution in [2.75, 3.05) is 13.2 Å². The molecule has 1 aromatic rings. The maximum atomic E-state index is 12.4. The average molecular weight is 320 g/mol. The Morgan fingerprint density at radius 3 is 2.30 bits per heavy atom. The molecule has 0 radical (unpaired) electrons. The van der Waals surface area contributed by atoms with Crippen molar-refractivity contribution in [2.24, 2.45) is 5.92 Å². The monoisotopic (exact) mass is 320 g/mol. The third kappa shape index (κ3) is 4.37. The van der Waals surface area contributed by atoms with E-state index in [9.17, 15) is 9.59 Å². The molecule has 2 amide bonds. The molecule has 2 atom stereocenters. The van der Waals surface area contributed by atoms with Gasteiger partial charge in [0.2, 0.25) is 11.8 Å². The van der Waals surface area contributed by atoms with E-state index in [1.165, 1.54) is 6.92 Å². The number of ether oxygens (including phenoxy) is 2. The van der Waals surface area contributed by atoms with Crippen molar-refractivity contribution in [3.8, 4) is 11.5 Å². The second-order valence-electron chi connectivity index (χ2n) is 6.06. The zero-order chi connectivity index (χ0) is 17.0. The maximum Gasteiger partial charge on any atom is 0.243 e. The van der Waals surface area contributed by atoms with Gasteiger partial charge in [0.25, 0.3) is 0 Å². The van der Waals surface area contributed by atoms with Gasteiger partial charge < -0.3 is 20.1 Å². The van der Waals surface area contributed by atoms with Gasteiger partial charge in [-0.15, -0.1) is 0 Å². The van der Waals surface area contributed by atoms with Crippen LogP contribution in [0.1, 0.15) is 39.3 Å². The summed E-state index contributed by atoms with van der Waals surface area (Å²) in [4.78, 5) is 23.7. The number of nitrogens with one attached hydrogen (secondary N) is 2. The minimum Gasteiger partial charge on any atom is -0.486 e. The molecule has 0 fully saturated rings. The van der Waals surface area contributed by atoms with Crippen molar-refractivity contribution in [1.29, 1.82) is 0 Å². The number of benzene rings is 1. The summed E-state index contributed by atoms with van der Waals surface area (Å²) in [5.74, 6) is 1.00. The largest absolute Gasteiger partial charge is 0.486 e. The SMILES string of the molecule is CC(=O)NC(C(=O)NC(C)c1ccc2c(c1)OCCO2)C(C)C. The smallest absolute Gasteiger partial charge is 0.243 e. The van der Waals surface area contributed by atoms with Crippen LogP contribution < -0.4 is 20.1 Å². The number of carbonyl (C=O) groups is 2. The maximum absolute atomic E-state index is 12.4. The van der Waals surface area contributed by atoms with Crippen molar-refractivity contribution in [1.82, 2.24) is 10.6 Å². The second kappa shape index (κ2) is 7.35. The van der Waals surface area contributed by atoms with Gasteiger partial charge in [-0.2, -0.15) is 0 Å². The molecule has 1 heterocycles. The van der Waals surface area contributed by atoms with Gasteiger partial charge in [-0.25, -0.2) is 0 Å². The second-order valence-corrected chi connectivity index (χ2v) is 6.06. The molecule has 6 heteroatoms. The number of carbonyl (C=O) groups excluding carboxylic acids is 2. The normalized spacial score (nSPS) is 15.7. The van der Waals surface area contributed by atoms with Crippen LogP contribution in [0.3, 0.4) is 0 Å². The average Bonchev–Trinajstić information content (AvgIpc) is 2.51. The fourth-order valence-electron chi connectivity index (χ4n) is 2.47. The van der Waals surface area contributed by atoms with Gasteiger partial charge in [0.05, 0.1) is 6.04 Å². The van der Waals surface area contributed by atoms with E-state index in [-0.39, 0.29) is 23.8 Å². The molecule has 1 aromatic carbocycles. The van der Waals surface area contributed by atoms with E-state index >= 15 is 0 Å². The van der Waals surface area contributed by atoms with Crippen LogP contribution in [-0.4, -0.2) is 31.1 Å². The lowest BCUT2D eigenvalue weighted by molar-refractivity contribution is -0.129. The lowest BCUT2D eigenvalue weighted by Gasteiger charge is -2.24. The van der Waals surface area contributed by atoms with Crippen LogP contribution in [0.4, 0.5) is 0 Å². The Labute approximate surface area is 136 Å². The lowest BCUT2D eigenvalue weighted by Crippen LogP contribution is -2.49. The molecule has 1 aliphatic rings. The molecule has 0 bridgehead atoms. The first-order valence-electron chi connectivity index (χ1n) is 7.85. The minimum absolute atomic E-state index is 0.00589. The Morgan fingerprint density at radius 2 is 1.70 bits per heavy atom. The van der Waals surface area contributed by atoms with E-state index < -0.39 is 6.04 Å². The summed E-state index contributed by atoms with van der Waals surface area (Å²) in [6, 6.07) is 4.88. The number of fused-ring (bicyclic) bond motifs is 1. The molecule has 0 saturated heterocycles. The Hall–Kier alpha value is -2.24. The third-order valence-corrected chi connectivity index (χ3v) is 3.73. The molecule has 0 saturated carbocycles. The van der Waals surface area contributed by atoms with E-state index in [0.717, 1.165) is 11.3 Å². The van der Waals surface area contributed by atoms with Crippen LogP contribution in [0.15, 0.2) is 18.2 Å². The number of amides is 2. The van der Waals surface area contributed by atoms with Gasteiger partial charge in [0.15, 0.2) is 11.5 Å². The minimum atomic E-state index is -0.549. The highest BCUT2D eigenvalue weighted by Crippen LogP contribution is 2.32. The van der Waals surface area contributed by atoms with E-state index in [0.29, 0.717) is 19.0 Å². The van der Waals surface area contributed by atoms with Gasteiger partial charge in [-0.1, -0.05) is 19.9 Å². The molecule has 6 nitrogen and oxygen atoms in total. The summed E-state index contributed by atoms with van der Waals surface area (Å²) in [5, 5.41) is 5.63. The van der Waals surface area contributed by atoms with Crippen molar-refractivity contribution >= 4 is 11.8 Å². The van der Waals surface area contributed by atoms with Crippen molar-refractivity contribution < 1.29 is 19.1 Å². The van der Waals surface area contributed by atoms with Crippen LogP contribution in [0.2, 0.25) is 0 Å². The van der Waals surface area contributed by atoms with Gasteiger partial charge in [0, 0.05) is 6.92 Å². The number of hydrogen-bond donors (Lipinski definition) is 2. The predicted octanol–water partition coefficient (Wildman–Crippen LogP) is 1.80. The first kappa shape index (κ1) is 17.1. The molecule has 126 valence electrons. The third-order valence-electron chi connectivity index (χ3n) is 3.73. The fourth-order valence-corrected chi connectivity index (χ4v) is 2.47. The zero-order valence-corrected chi connectivity index (χ0v) is 14.0. The first-order valence-corrected chi connectivity index (χ1v) is 7.85. The number of hydrogen-bond acceptors (Lipinski definition) is 4. The lowest BCUT2D eigenvalue weighted by atomic mass is 10.0. The van der Waals surface area contributed by atoms with Gasteiger partial charge in [-0.3, -0.25) is 9.59 Å². The Kier molecular flexibility index (Phi) is 5.47. The molecule has 2 rings (SSSR count). The van der Waals surface area contributed by atoms with Crippen molar-refractivity contribution in [3.05, 3.63) is 23.8 Å². The Morgan fingerprint density at radius 1 is 1.04 bits per heavy atom. The summed E-state index contributed by atoms with van der Waals surface area (Å²) >= 11 is 0. The first-order chi connectivity index (χ1) is 10.9. The molecule has 2 unspecified atom stereocenters.